The molecule has 3 rings (SSSR count). The first-order chi connectivity index (χ1) is 13.1. The maximum atomic E-state index is 12.7. The molecule has 27 heavy (non-hydrogen) atoms. The number of nitrogens with zero attached hydrogens (tertiary/aromatic N) is 3. The number of anilines is 1. The summed E-state index contributed by atoms with van der Waals surface area (Å²) in [5.74, 6) is 1.19. The molecule has 0 fully saturated rings. The highest BCUT2D eigenvalue weighted by Crippen LogP contribution is 2.20. The number of carbonyl (C=O) groups excluding carboxylic acids is 2. The molecule has 0 atom stereocenters. The van der Waals surface area contributed by atoms with Crippen LogP contribution in [0, 0.1) is 0 Å². The number of hydrogen-bond acceptors (Lipinski definition) is 4. The molecule has 0 aliphatic rings. The Labute approximate surface area is 158 Å². The summed E-state index contributed by atoms with van der Waals surface area (Å²) >= 11 is 0. The van der Waals surface area contributed by atoms with Crippen molar-refractivity contribution >= 4 is 29.1 Å². The molecule has 1 aromatic carbocycles. The number of pyridine rings is 1. The van der Waals surface area contributed by atoms with Gasteiger partial charge in [-0.25, -0.2) is 4.98 Å². The van der Waals surface area contributed by atoms with Crippen molar-refractivity contribution < 1.29 is 14.0 Å². The van der Waals surface area contributed by atoms with E-state index < -0.39 is 0 Å². The number of rotatable bonds is 8. The van der Waals surface area contributed by atoms with Crippen LogP contribution in [0.5, 0.6) is 0 Å². The molecular weight excluding hydrogens is 342 g/mol. The lowest BCUT2D eigenvalue weighted by Crippen LogP contribution is -2.30. The number of amides is 2. The van der Waals surface area contributed by atoms with Crippen molar-refractivity contribution in [2.75, 3.05) is 25.5 Å². The number of carbonyl (C=O) groups is 2. The van der Waals surface area contributed by atoms with Crippen molar-refractivity contribution in [2.24, 2.45) is 0 Å². The monoisotopic (exact) mass is 365 g/mol. The standard InChI is InChI=1S/C21H23N3O3/c1-23(21(26)18-10-7-12-22-20(18)24(2)15-25)13-6-5-9-17-14-16-8-3-4-11-19(16)27-17/h3-4,7-8,10-12,14-15H,5-6,9,13H2,1-2H3. The van der Waals surface area contributed by atoms with Crippen LogP contribution in [-0.2, 0) is 11.2 Å². The van der Waals surface area contributed by atoms with E-state index in [0.29, 0.717) is 24.3 Å². The second-order valence-electron chi connectivity index (χ2n) is 6.53. The predicted molar refractivity (Wildman–Crippen MR) is 105 cm³/mol. The van der Waals surface area contributed by atoms with Crippen LogP contribution in [0.2, 0.25) is 0 Å². The van der Waals surface area contributed by atoms with Crippen molar-refractivity contribution in [1.82, 2.24) is 9.88 Å². The molecule has 6 heteroatoms. The van der Waals surface area contributed by atoms with Gasteiger partial charge in [-0.1, -0.05) is 18.2 Å². The van der Waals surface area contributed by atoms with Gasteiger partial charge in [-0.2, -0.15) is 0 Å². The number of benzene rings is 1. The fourth-order valence-electron chi connectivity index (χ4n) is 3.01. The molecule has 0 saturated carbocycles. The zero-order valence-electron chi connectivity index (χ0n) is 15.6. The molecule has 0 radical (unpaired) electrons. The molecule has 0 bridgehead atoms. The topological polar surface area (TPSA) is 66.7 Å². The van der Waals surface area contributed by atoms with Gasteiger partial charge in [0.05, 0.1) is 5.56 Å². The number of hydrogen-bond donors (Lipinski definition) is 0. The normalized spacial score (nSPS) is 10.7. The number of para-hydroxylation sites is 1. The summed E-state index contributed by atoms with van der Waals surface area (Å²) in [6.45, 7) is 0.623. The van der Waals surface area contributed by atoms with Gasteiger partial charge < -0.3 is 14.2 Å². The maximum absolute atomic E-state index is 12.7. The van der Waals surface area contributed by atoms with Crippen LogP contribution in [0.3, 0.4) is 0 Å². The molecule has 6 nitrogen and oxygen atoms in total. The van der Waals surface area contributed by atoms with Gasteiger partial charge in [-0.05, 0) is 37.1 Å². The summed E-state index contributed by atoms with van der Waals surface area (Å²) in [6, 6.07) is 13.4. The Hall–Kier alpha value is -3.15. The van der Waals surface area contributed by atoms with Crippen molar-refractivity contribution in [3.8, 4) is 0 Å². The van der Waals surface area contributed by atoms with Crippen LogP contribution in [0.1, 0.15) is 29.0 Å². The van der Waals surface area contributed by atoms with Crippen LogP contribution in [0.15, 0.2) is 53.1 Å². The molecule has 0 aliphatic heterocycles. The Morgan fingerprint density at radius 2 is 1.96 bits per heavy atom. The van der Waals surface area contributed by atoms with Gasteiger partial charge in [0.25, 0.3) is 5.91 Å². The number of aromatic nitrogens is 1. The van der Waals surface area contributed by atoms with Crippen LogP contribution in [0.4, 0.5) is 5.82 Å². The fourth-order valence-corrected chi connectivity index (χ4v) is 3.01. The van der Waals surface area contributed by atoms with E-state index in [2.05, 4.69) is 11.1 Å². The minimum absolute atomic E-state index is 0.143. The average molecular weight is 365 g/mol. The van der Waals surface area contributed by atoms with Gasteiger partial charge in [0, 0.05) is 38.6 Å². The highest BCUT2D eigenvalue weighted by atomic mass is 16.3. The quantitative estimate of drug-likeness (QED) is 0.452. The fraction of sp³-hybridized carbons (Fsp3) is 0.286. The Morgan fingerprint density at radius 1 is 1.15 bits per heavy atom. The second kappa shape index (κ2) is 8.49. The summed E-state index contributed by atoms with van der Waals surface area (Å²) in [4.78, 5) is 30.8. The third-order valence-electron chi connectivity index (χ3n) is 4.50. The van der Waals surface area contributed by atoms with E-state index in [1.807, 2.05) is 24.3 Å². The second-order valence-corrected chi connectivity index (χ2v) is 6.53. The lowest BCUT2D eigenvalue weighted by Gasteiger charge is -2.20. The highest BCUT2D eigenvalue weighted by molar-refractivity contribution is 6.00. The van der Waals surface area contributed by atoms with Gasteiger partial charge >= 0.3 is 0 Å². The molecule has 0 aliphatic carbocycles. The van der Waals surface area contributed by atoms with Crippen molar-refractivity contribution in [3.05, 3.63) is 60.0 Å². The Morgan fingerprint density at radius 3 is 2.74 bits per heavy atom. The summed E-state index contributed by atoms with van der Waals surface area (Å²) in [6.07, 6.45) is 4.83. The van der Waals surface area contributed by atoms with Crippen molar-refractivity contribution in [3.63, 3.8) is 0 Å². The number of aryl methyl sites for hydroxylation is 1. The van der Waals surface area contributed by atoms with Gasteiger partial charge in [0.2, 0.25) is 6.41 Å². The Balaban J connectivity index is 1.54. The maximum Gasteiger partial charge on any atom is 0.257 e. The van der Waals surface area contributed by atoms with E-state index >= 15 is 0 Å². The minimum atomic E-state index is -0.143. The zero-order chi connectivity index (χ0) is 19.2. The molecular formula is C21H23N3O3. The molecule has 0 N–H and O–H groups in total. The zero-order valence-corrected chi connectivity index (χ0v) is 15.6. The summed E-state index contributed by atoms with van der Waals surface area (Å²) in [7, 11) is 3.35. The molecule has 2 heterocycles. The van der Waals surface area contributed by atoms with E-state index in [9.17, 15) is 9.59 Å². The molecule has 0 unspecified atom stereocenters. The van der Waals surface area contributed by atoms with Gasteiger partial charge in [0.1, 0.15) is 17.2 Å². The van der Waals surface area contributed by atoms with Crippen LogP contribution >= 0.6 is 0 Å². The Bertz CT molecular complexity index is 902. The molecule has 2 amide bonds. The lowest BCUT2D eigenvalue weighted by molar-refractivity contribution is -0.107. The minimum Gasteiger partial charge on any atom is -0.461 e. The highest BCUT2D eigenvalue weighted by Gasteiger charge is 2.18. The summed E-state index contributed by atoms with van der Waals surface area (Å²) < 4.78 is 5.82. The van der Waals surface area contributed by atoms with Crippen LogP contribution in [0.25, 0.3) is 11.0 Å². The largest absolute Gasteiger partial charge is 0.461 e. The van der Waals surface area contributed by atoms with Crippen LogP contribution in [-0.4, -0.2) is 42.8 Å². The van der Waals surface area contributed by atoms with Crippen molar-refractivity contribution in [2.45, 2.75) is 19.3 Å². The van der Waals surface area contributed by atoms with E-state index in [4.69, 9.17) is 4.42 Å². The first kappa shape index (κ1) is 18.6. The van der Waals surface area contributed by atoms with E-state index in [1.54, 1.807) is 37.3 Å². The number of fused-ring (bicyclic) bond motifs is 1. The molecule has 3 aromatic rings. The molecule has 0 saturated heterocycles. The van der Waals surface area contributed by atoms with Gasteiger partial charge in [0.15, 0.2) is 0 Å². The third-order valence-corrected chi connectivity index (χ3v) is 4.50. The number of furan rings is 1. The van der Waals surface area contributed by atoms with E-state index in [-0.39, 0.29) is 5.91 Å². The SMILES string of the molecule is CN(CCCCc1cc2ccccc2o1)C(=O)c1cccnc1N(C)C=O. The van der Waals surface area contributed by atoms with Crippen LogP contribution < -0.4 is 4.90 Å². The molecule has 0 spiro atoms. The Kier molecular flexibility index (Phi) is 5.86. The number of unbranched alkanes of at least 4 members (excludes halogenated alkanes) is 1. The third kappa shape index (κ3) is 4.34. The van der Waals surface area contributed by atoms with Crippen molar-refractivity contribution in [1.29, 1.82) is 0 Å². The first-order valence-corrected chi connectivity index (χ1v) is 8.96. The smallest absolute Gasteiger partial charge is 0.257 e. The molecule has 2 aromatic heterocycles. The van der Waals surface area contributed by atoms with E-state index in [1.165, 1.54) is 4.90 Å². The van der Waals surface area contributed by atoms with Gasteiger partial charge in [-0.15, -0.1) is 0 Å². The lowest BCUT2D eigenvalue weighted by atomic mass is 10.1. The first-order valence-electron chi connectivity index (χ1n) is 8.96. The molecule has 140 valence electrons. The van der Waals surface area contributed by atoms with E-state index in [0.717, 1.165) is 36.0 Å². The summed E-state index contributed by atoms with van der Waals surface area (Å²) in [5.41, 5.74) is 1.33. The van der Waals surface area contributed by atoms with Gasteiger partial charge in [-0.3, -0.25) is 9.59 Å². The summed E-state index contributed by atoms with van der Waals surface area (Å²) in [5, 5.41) is 1.11. The average Bonchev–Trinajstić information content (AvgIpc) is 3.12. The predicted octanol–water partition coefficient (Wildman–Crippen LogP) is 3.52.